The van der Waals surface area contributed by atoms with Gasteiger partial charge in [0.1, 0.15) is 0 Å². The highest BCUT2D eigenvalue weighted by atomic mass is 16.5. The van der Waals surface area contributed by atoms with Crippen molar-refractivity contribution in [2.24, 2.45) is 11.7 Å². The van der Waals surface area contributed by atoms with E-state index in [2.05, 4.69) is 40.1 Å². The number of nitrogens with two attached hydrogens (primary N) is 1. The fourth-order valence-electron chi connectivity index (χ4n) is 3.30. The molecule has 2 atom stereocenters. The van der Waals surface area contributed by atoms with Crippen molar-refractivity contribution in [3.05, 3.63) is 35.9 Å². The van der Waals surface area contributed by atoms with Crippen molar-refractivity contribution in [1.29, 1.82) is 0 Å². The SMILES string of the molecule is NC1CCOCC1CN1CCN(Cc2ccccc2)CC1. The van der Waals surface area contributed by atoms with Crippen LogP contribution in [0.25, 0.3) is 0 Å². The first-order chi connectivity index (χ1) is 10.3. The molecule has 2 fully saturated rings. The second-order valence-electron chi connectivity index (χ2n) is 6.35. The summed E-state index contributed by atoms with van der Waals surface area (Å²) in [6.07, 6.45) is 1.01. The highest BCUT2D eigenvalue weighted by molar-refractivity contribution is 5.14. The molecule has 2 aliphatic rings. The fraction of sp³-hybridized carbons (Fsp3) is 0.647. The van der Waals surface area contributed by atoms with Gasteiger partial charge in [-0.2, -0.15) is 0 Å². The van der Waals surface area contributed by atoms with Gasteiger partial charge in [0.05, 0.1) is 6.61 Å². The highest BCUT2D eigenvalue weighted by Crippen LogP contribution is 2.16. The number of ether oxygens (including phenoxy) is 1. The minimum Gasteiger partial charge on any atom is -0.381 e. The average molecular weight is 289 g/mol. The van der Waals surface area contributed by atoms with Gasteiger partial charge in [0.25, 0.3) is 0 Å². The minimum atomic E-state index is 0.320. The molecular formula is C17H27N3O. The molecule has 21 heavy (non-hydrogen) atoms. The maximum absolute atomic E-state index is 6.21. The molecule has 0 bridgehead atoms. The van der Waals surface area contributed by atoms with E-state index >= 15 is 0 Å². The molecule has 0 aromatic heterocycles. The van der Waals surface area contributed by atoms with Gasteiger partial charge in [0, 0.05) is 57.8 Å². The molecule has 2 N–H and O–H groups in total. The van der Waals surface area contributed by atoms with E-state index in [1.54, 1.807) is 0 Å². The van der Waals surface area contributed by atoms with Crippen LogP contribution in [0.5, 0.6) is 0 Å². The zero-order valence-corrected chi connectivity index (χ0v) is 12.8. The Balaban J connectivity index is 1.42. The summed E-state index contributed by atoms with van der Waals surface area (Å²) >= 11 is 0. The molecule has 3 rings (SSSR count). The predicted molar refractivity (Wildman–Crippen MR) is 85.1 cm³/mol. The van der Waals surface area contributed by atoms with Gasteiger partial charge in [-0.1, -0.05) is 30.3 Å². The lowest BCUT2D eigenvalue weighted by Crippen LogP contribution is -2.51. The summed E-state index contributed by atoms with van der Waals surface area (Å²) < 4.78 is 5.58. The van der Waals surface area contributed by atoms with Gasteiger partial charge < -0.3 is 15.4 Å². The van der Waals surface area contributed by atoms with E-state index in [0.717, 1.165) is 58.9 Å². The molecule has 116 valence electrons. The van der Waals surface area contributed by atoms with Crippen molar-refractivity contribution >= 4 is 0 Å². The summed E-state index contributed by atoms with van der Waals surface area (Å²) in [4.78, 5) is 5.10. The third-order valence-corrected chi connectivity index (χ3v) is 4.74. The van der Waals surface area contributed by atoms with E-state index in [1.807, 2.05) is 0 Å². The van der Waals surface area contributed by atoms with Crippen LogP contribution in [-0.4, -0.2) is 61.8 Å². The summed E-state index contributed by atoms with van der Waals surface area (Å²) in [5.41, 5.74) is 7.62. The van der Waals surface area contributed by atoms with E-state index in [-0.39, 0.29) is 0 Å². The van der Waals surface area contributed by atoms with Crippen molar-refractivity contribution in [1.82, 2.24) is 9.80 Å². The quantitative estimate of drug-likeness (QED) is 0.903. The summed E-state index contributed by atoms with van der Waals surface area (Å²) in [5, 5.41) is 0. The van der Waals surface area contributed by atoms with Crippen molar-refractivity contribution in [2.75, 3.05) is 45.9 Å². The van der Waals surface area contributed by atoms with Crippen LogP contribution in [0, 0.1) is 5.92 Å². The van der Waals surface area contributed by atoms with Crippen molar-refractivity contribution in [2.45, 2.75) is 19.0 Å². The second kappa shape index (κ2) is 7.36. The Bertz CT molecular complexity index is 417. The Morgan fingerprint density at radius 1 is 1.05 bits per heavy atom. The van der Waals surface area contributed by atoms with Crippen LogP contribution in [0.15, 0.2) is 30.3 Å². The van der Waals surface area contributed by atoms with Gasteiger partial charge >= 0.3 is 0 Å². The molecule has 0 spiro atoms. The van der Waals surface area contributed by atoms with E-state index < -0.39 is 0 Å². The average Bonchev–Trinajstić information content (AvgIpc) is 2.52. The van der Waals surface area contributed by atoms with Crippen LogP contribution in [0.1, 0.15) is 12.0 Å². The van der Waals surface area contributed by atoms with Crippen molar-refractivity contribution in [3.63, 3.8) is 0 Å². The maximum Gasteiger partial charge on any atom is 0.0521 e. The van der Waals surface area contributed by atoms with Gasteiger partial charge in [0.2, 0.25) is 0 Å². The van der Waals surface area contributed by atoms with Crippen LogP contribution in [-0.2, 0) is 11.3 Å². The first-order valence-corrected chi connectivity index (χ1v) is 8.13. The number of hydrogen-bond donors (Lipinski definition) is 1. The lowest BCUT2D eigenvalue weighted by Gasteiger charge is -2.38. The van der Waals surface area contributed by atoms with Crippen molar-refractivity contribution in [3.8, 4) is 0 Å². The number of nitrogens with zero attached hydrogens (tertiary/aromatic N) is 2. The standard InChI is InChI=1S/C17H27N3O/c18-17-6-11-21-14-16(17)13-20-9-7-19(8-10-20)12-15-4-2-1-3-5-15/h1-5,16-17H,6-14,18H2. The first-order valence-electron chi connectivity index (χ1n) is 8.13. The second-order valence-corrected chi connectivity index (χ2v) is 6.35. The third kappa shape index (κ3) is 4.27. The Labute approximate surface area is 127 Å². The normalized spacial score (nSPS) is 28.6. The maximum atomic E-state index is 6.21. The van der Waals surface area contributed by atoms with Crippen LogP contribution in [0.2, 0.25) is 0 Å². The summed E-state index contributed by atoms with van der Waals surface area (Å²) in [6.45, 7) is 8.44. The predicted octanol–water partition coefficient (Wildman–Crippen LogP) is 1.17. The number of piperazine rings is 1. The van der Waals surface area contributed by atoms with Crippen molar-refractivity contribution < 1.29 is 4.74 Å². The minimum absolute atomic E-state index is 0.320. The Morgan fingerprint density at radius 2 is 1.76 bits per heavy atom. The summed E-state index contributed by atoms with van der Waals surface area (Å²) in [6, 6.07) is 11.1. The number of hydrogen-bond acceptors (Lipinski definition) is 4. The number of rotatable bonds is 4. The lowest BCUT2D eigenvalue weighted by molar-refractivity contribution is 0.0169. The first kappa shape index (κ1) is 15.0. The zero-order chi connectivity index (χ0) is 14.5. The summed E-state index contributed by atoms with van der Waals surface area (Å²) in [7, 11) is 0. The monoisotopic (exact) mass is 289 g/mol. The van der Waals surface area contributed by atoms with Crippen LogP contribution >= 0.6 is 0 Å². The largest absolute Gasteiger partial charge is 0.381 e. The molecule has 2 aliphatic heterocycles. The van der Waals surface area contributed by atoms with E-state index in [0.29, 0.717) is 12.0 Å². The third-order valence-electron chi connectivity index (χ3n) is 4.74. The van der Waals surface area contributed by atoms with E-state index in [1.165, 1.54) is 5.56 Å². The van der Waals surface area contributed by atoms with Crippen LogP contribution in [0.3, 0.4) is 0 Å². The van der Waals surface area contributed by atoms with E-state index in [9.17, 15) is 0 Å². The van der Waals surface area contributed by atoms with Gasteiger partial charge in [-0.15, -0.1) is 0 Å². The van der Waals surface area contributed by atoms with Crippen LogP contribution < -0.4 is 5.73 Å². The molecule has 0 amide bonds. The molecule has 0 aliphatic carbocycles. The molecule has 0 saturated carbocycles. The van der Waals surface area contributed by atoms with Gasteiger partial charge in [-0.05, 0) is 12.0 Å². The highest BCUT2D eigenvalue weighted by Gasteiger charge is 2.26. The van der Waals surface area contributed by atoms with Gasteiger partial charge in [0.15, 0.2) is 0 Å². The lowest BCUT2D eigenvalue weighted by atomic mass is 9.96. The molecule has 1 aromatic rings. The van der Waals surface area contributed by atoms with E-state index in [4.69, 9.17) is 10.5 Å². The Morgan fingerprint density at radius 3 is 2.48 bits per heavy atom. The molecule has 4 nitrogen and oxygen atoms in total. The smallest absolute Gasteiger partial charge is 0.0521 e. The number of benzene rings is 1. The van der Waals surface area contributed by atoms with Gasteiger partial charge in [-0.3, -0.25) is 4.90 Å². The zero-order valence-electron chi connectivity index (χ0n) is 12.8. The molecule has 2 unspecified atom stereocenters. The van der Waals surface area contributed by atoms with Crippen LogP contribution in [0.4, 0.5) is 0 Å². The molecular weight excluding hydrogens is 262 g/mol. The Hall–Kier alpha value is -0.940. The molecule has 2 saturated heterocycles. The molecule has 1 aromatic carbocycles. The topological polar surface area (TPSA) is 41.7 Å². The fourth-order valence-corrected chi connectivity index (χ4v) is 3.30. The van der Waals surface area contributed by atoms with Gasteiger partial charge in [-0.25, -0.2) is 0 Å². The molecule has 2 heterocycles. The molecule has 4 heteroatoms. The summed E-state index contributed by atoms with van der Waals surface area (Å²) in [5.74, 6) is 0.513. The molecule has 0 radical (unpaired) electrons. The Kier molecular flexibility index (Phi) is 5.25.